The number of hydrogen-bond donors (Lipinski definition) is 1. The molecule has 0 atom stereocenters. The van der Waals surface area contributed by atoms with Crippen molar-refractivity contribution in [2.75, 3.05) is 18.6 Å². The molecule has 0 saturated heterocycles. The molecule has 0 aliphatic carbocycles. The Balaban J connectivity index is 2.05. The third-order valence-corrected chi connectivity index (χ3v) is 3.45. The number of para-hydroxylation sites is 1. The standard InChI is InChI=1S/C17H18N2O2S/c1-3-21-15-11-7-8-13(12-15)16(20)18-17(22)19(2)14-9-5-4-6-10-14/h4-12H,3H2,1-2H3,(H,18,20,22). The van der Waals surface area contributed by atoms with Gasteiger partial charge in [-0.2, -0.15) is 0 Å². The third-order valence-electron chi connectivity index (χ3n) is 3.08. The highest BCUT2D eigenvalue weighted by Gasteiger charge is 2.12. The molecule has 1 amide bonds. The van der Waals surface area contributed by atoms with Gasteiger partial charge in [0, 0.05) is 18.3 Å². The Kier molecular flexibility index (Phi) is 5.49. The fourth-order valence-corrected chi connectivity index (χ4v) is 2.11. The maximum absolute atomic E-state index is 12.3. The number of carbonyl (C=O) groups is 1. The average Bonchev–Trinajstić information content (AvgIpc) is 2.55. The Labute approximate surface area is 135 Å². The van der Waals surface area contributed by atoms with Crippen molar-refractivity contribution in [3.05, 3.63) is 60.2 Å². The molecule has 2 aromatic rings. The van der Waals surface area contributed by atoms with Crippen LogP contribution in [-0.4, -0.2) is 24.7 Å². The summed E-state index contributed by atoms with van der Waals surface area (Å²) in [5, 5.41) is 3.07. The van der Waals surface area contributed by atoms with Gasteiger partial charge in [0.25, 0.3) is 5.91 Å². The molecule has 0 aliphatic rings. The van der Waals surface area contributed by atoms with Crippen LogP contribution >= 0.6 is 12.2 Å². The van der Waals surface area contributed by atoms with Crippen molar-refractivity contribution in [3.63, 3.8) is 0 Å². The maximum atomic E-state index is 12.3. The van der Waals surface area contributed by atoms with Crippen LogP contribution in [0.4, 0.5) is 5.69 Å². The van der Waals surface area contributed by atoms with Gasteiger partial charge < -0.3 is 9.64 Å². The largest absolute Gasteiger partial charge is 0.494 e. The fourth-order valence-electron chi connectivity index (χ4n) is 1.92. The van der Waals surface area contributed by atoms with Gasteiger partial charge >= 0.3 is 0 Å². The predicted octanol–water partition coefficient (Wildman–Crippen LogP) is 3.24. The second-order valence-corrected chi connectivity index (χ2v) is 5.00. The van der Waals surface area contributed by atoms with Crippen LogP contribution < -0.4 is 15.0 Å². The number of carbonyl (C=O) groups excluding carboxylic acids is 1. The van der Waals surface area contributed by atoms with E-state index in [1.807, 2.05) is 50.4 Å². The number of nitrogens with zero attached hydrogens (tertiary/aromatic N) is 1. The minimum absolute atomic E-state index is 0.255. The molecule has 0 bridgehead atoms. The molecule has 0 unspecified atom stereocenters. The summed E-state index contributed by atoms with van der Waals surface area (Å²) < 4.78 is 5.40. The minimum Gasteiger partial charge on any atom is -0.494 e. The monoisotopic (exact) mass is 314 g/mol. The molecular formula is C17H18N2O2S. The lowest BCUT2D eigenvalue weighted by molar-refractivity contribution is 0.0977. The van der Waals surface area contributed by atoms with E-state index in [4.69, 9.17) is 17.0 Å². The highest BCUT2D eigenvalue weighted by Crippen LogP contribution is 2.14. The lowest BCUT2D eigenvalue weighted by Gasteiger charge is -2.20. The first kappa shape index (κ1) is 16.0. The Bertz CT molecular complexity index is 659. The zero-order valence-electron chi connectivity index (χ0n) is 12.6. The van der Waals surface area contributed by atoms with Crippen molar-refractivity contribution in [2.45, 2.75) is 6.92 Å². The molecule has 0 fully saturated rings. The molecule has 22 heavy (non-hydrogen) atoms. The van der Waals surface area contributed by atoms with Gasteiger partial charge in [-0.15, -0.1) is 0 Å². The number of ether oxygens (including phenoxy) is 1. The fraction of sp³-hybridized carbons (Fsp3) is 0.176. The summed E-state index contributed by atoms with van der Waals surface area (Å²) >= 11 is 5.28. The van der Waals surface area contributed by atoms with Crippen LogP contribution in [0.15, 0.2) is 54.6 Å². The van der Waals surface area contributed by atoms with E-state index in [-0.39, 0.29) is 5.91 Å². The van der Waals surface area contributed by atoms with E-state index in [9.17, 15) is 4.79 Å². The first-order chi connectivity index (χ1) is 10.6. The number of hydrogen-bond acceptors (Lipinski definition) is 3. The Morgan fingerprint density at radius 1 is 1.18 bits per heavy atom. The summed E-state index contributed by atoms with van der Waals surface area (Å²) in [7, 11) is 1.81. The summed E-state index contributed by atoms with van der Waals surface area (Å²) in [6, 6.07) is 16.6. The second kappa shape index (κ2) is 7.56. The highest BCUT2D eigenvalue weighted by atomic mass is 32.1. The molecule has 2 aromatic carbocycles. The predicted molar refractivity (Wildman–Crippen MR) is 92.5 cm³/mol. The van der Waals surface area contributed by atoms with E-state index in [1.165, 1.54) is 0 Å². The van der Waals surface area contributed by atoms with Crippen LogP contribution in [0.3, 0.4) is 0 Å². The summed E-state index contributed by atoms with van der Waals surface area (Å²) in [4.78, 5) is 14.0. The van der Waals surface area contributed by atoms with Gasteiger partial charge in [-0.25, -0.2) is 0 Å². The number of anilines is 1. The van der Waals surface area contributed by atoms with Crippen molar-refractivity contribution in [3.8, 4) is 5.75 Å². The van der Waals surface area contributed by atoms with E-state index in [0.29, 0.717) is 23.0 Å². The number of thiocarbonyl (C=S) groups is 1. The molecular weight excluding hydrogens is 296 g/mol. The molecule has 2 rings (SSSR count). The van der Waals surface area contributed by atoms with Crippen LogP contribution in [-0.2, 0) is 0 Å². The molecule has 4 nitrogen and oxygen atoms in total. The zero-order chi connectivity index (χ0) is 15.9. The Morgan fingerprint density at radius 2 is 1.91 bits per heavy atom. The Hall–Kier alpha value is -2.40. The van der Waals surface area contributed by atoms with Crippen LogP contribution in [0, 0.1) is 0 Å². The van der Waals surface area contributed by atoms with Gasteiger partial charge in [0.1, 0.15) is 5.75 Å². The summed E-state index contributed by atoms with van der Waals surface area (Å²) in [6.45, 7) is 2.46. The zero-order valence-corrected chi connectivity index (χ0v) is 13.4. The quantitative estimate of drug-likeness (QED) is 0.880. The molecule has 1 N–H and O–H groups in total. The second-order valence-electron chi connectivity index (χ2n) is 4.61. The average molecular weight is 314 g/mol. The first-order valence-electron chi connectivity index (χ1n) is 6.98. The lowest BCUT2D eigenvalue weighted by atomic mass is 10.2. The van der Waals surface area contributed by atoms with E-state index in [0.717, 1.165) is 5.69 Å². The van der Waals surface area contributed by atoms with Crippen molar-refractivity contribution in [2.24, 2.45) is 0 Å². The first-order valence-corrected chi connectivity index (χ1v) is 7.39. The van der Waals surface area contributed by atoms with Crippen molar-refractivity contribution in [1.82, 2.24) is 5.32 Å². The molecule has 0 heterocycles. The maximum Gasteiger partial charge on any atom is 0.257 e. The summed E-state index contributed by atoms with van der Waals surface area (Å²) in [6.07, 6.45) is 0. The van der Waals surface area contributed by atoms with E-state index in [2.05, 4.69) is 5.32 Å². The molecule has 5 heteroatoms. The van der Waals surface area contributed by atoms with Gasteiger partial charge in [0.05, 0.1) is 6.61 Å². The van der Waals surface area contributed by atoms with Gasteiger partial charge in [0.2, 0.25) is 0 Å². The highest BCUT2D eigenvalue weighted by molar-refractivity contribution is 7.80. The summed E-state index contributed by atoms with van der Waals surface area (Å²) in [5.74, 6) is 0.409. The topological polar surface area (TPSA) is 41.6 Å². The summed E-state index contributed by atoms with van der Waals surface area (Å²) in [5.41, 5.74) is 1.42. The van der Waals surface area contributed by atoms with Crippen LogP contribution in [0.25, 0.3) is 0 Å². The molecule has 0 aliphatic heterocycles. The van der Waals surface area contributed by atoms with Crippen molar-refractivity contribution < 1.29 is 9.53 Å². The number of amides is 1. The van der Waals surface area contributed by atoms with Gasteiger partial charge in [0.15, 0.2) is 5.11 Å². The minimum atomic E-state index is -0.255. The van der Waals surface area contributed by atoms with Gasteiger partial charge in [-0.05, 0) is 49.5 Å². The number of benzene rings is 2. The number of nitrogens with one attached hydrogen (secondary N) is 1. The number of rotatable bonds is 4. The van der Waals surface area contributed by atoms with E-state index >= 15 is 0 Å². The van der Waals surface area contributed by atoms with Gasteiger partial charge in [-0.3, -0.25) is 10.1 Å². The normalized spacial score (nSPS) is 9.91. The van der Waals surface area contributed by atoms with Crippen LogP contribution in [0.2, 0.25) is 0 Å². The van der Waals surface area contributed by atoms with Gasteiger partial charge in [-0.1, -0.05) is 24.3 Å². The molecule has 0 saturated carbocycles. The third kappa shape index (κ3) is 4.05. The van der Waals surface area contributed by atoms with Crippen LogP contribution in [0.5, 0.6) is 5.75 Å². The molecule has 0 spiro atoms. The SMILES string of the molecule is CCOc1cccc(C(=O)NC(=S)N(C)c2ccccc2)c1. The lowest BCUT2D eigenvalue weighted by Crippen LogP contribution is -2.40. The molecule has 0 aromatic heterocycles. The van der Waals surface area contributed by atoms with E-state index in [1.54, 1.807) is 23.1 Å². The Morgan fingerprint density at radius 3 is 2.59 bits per heavy atom. The molecule has 114 valence electrons. The van der Waals surface area contributed by atoms with E-state index < -0.39 is 0 Å². The smallest absolute Gasteiger partial charge is 0.257 e. The molecule has 0 radical (unpaired) electrons. The van der Waals surface area contributed by atoms with Crippen molar-refractivity contribution >= 4 is 28.9 Å². The van der Waals surface area contributed by atoms with Crippen molar-refractivity contribution in [1.29, 1.82) is 0 Å². The van der Waals surface area contributed by atoms with Crippen LogP contribution in [0.1, 0.15) is 17.3 Å².